The molecule has 0 fully saturated rings. The molecular formula is C19H18N4O4. The highest BCUT2D eigenvalue weighted by Crippen LogP contribution is 2.21. The maximum absolute atomic E-state index is 12.4. The minimum Gasteiger partial charge on any atom is -0.496 e. The summed E-state index contributed by atoms with van der Waals surface area (Å²) in [5.74, 6) is -0.306. The molecule has 8 heteroatoms. The zero-order valence-electron chi connectivity index (χ0n) is 14.9. The van der Waals surface area contributed by atoms with E-state index < -0.39 is 5.97 Å². The molecule has 3 aromatic rings. The molecule has 0 atom stereocenters. The molecule has 27 heavy (non-hydrogen) atoms. The predicted octanol–water partition coefficient (Wildman–Crippen LogP) is 1.99. The van der Waals surface area contributed by atoms with E-state index in [-0.39, 0.29) is 12.5 Å². The van der Waals surface area contributed by atoms with E-state index in [4.69, 9.17) is 9.47 Å². The van der Waals surface area contributed by atoms with Crippen LogP contribution in [0.15, 0.2) is 55.1 Å². The number of rotatable bonds is 6. The number of esters is 1. The fourth-order valence-corrected chi connectivity index (χ4v) is 2.53. The number of ether oxygens (including phenoxy) is 2. The van der Waals surface area contributed by atoms with Crippen molar-refractivity contribution in [3.05, 3.63) is 71.8 Å². The van der Waals surface area contributed by atoms with Crippen molar-refractivity contribution >= 4 is 11.9 Å². The first-order chi connectivity index (χ1) is 13.1. The Hall–Kier alpha value is -3.68. The van der Waals surface area contributed by atoms with Gasteiger partial charge in [-0.1, -0.05) is 6.07 Å². The fourth-order valence-electron chi connectivity index (χ4n) is 2.53. The summed E-state index contributed by atoms with van der Waals surface area (Å²) >= 11 is 0. The van der Waals surface area contributed by atoms with Crippen LogP contribution in [0.4, 0.5) is 0 Å². The average Bonchev–Trinajstić information content (AvgIpc) is 3.26. The summed E-state index contributed by atoms with van der Waals surface area (Å²) in [5, 5.41) is 6.86. The van der Waals surface area contributed by atoms with Gasteiger partial charge in [0, 0.05) is 12.1 Å². The first kappa shape index (κ1) is 18.1. The second kappa shape index (κ2) is 8.13. The number of aromatic nitrogens is 3. The molecule has 3 rings (SSSR count). The smallest absolute Gasteiger partial charge is 0.341 e. The van der Waals surface area contributed by atoms with Crippen LogP contribution in [0, 0.1) is 0 Å². The second-order valence-corrected chi connectivity index (χ2v) is 5.60. The molecule has 0 saturated carbocycles. The highest BCUT2D eigenvalue weighted by atomic mass is 16.5. The molecule has 0 unspecified atom stereocenters. The number of hydrogen-bond acceptors (Lipinski definition) is 6. The van der Waals surface area contributed by atoms with E-state index in [1.807, 2.05) is 0 Å². The Kier molecular flexibility index (Phi) is 5.46. The number of carbonyl (C=O) groups is 2. The predicted molar refractivity (Wildman–Crippen MR) is 96.9 cm³/mol. The normalized spacial score (nSPS) is 10.3. The third-order valence-electron chi connectivity index (χ3n) is 3.94. The van der Waals surface area contributed by atoms with Gasteiger partial charge in [0.25, 0.3) is 5.91 Å². The van der Waals surface area contributed by atoms with Gasteiger partial charge in [-0.15, -0.1) is 0 Å². The van der Waals surface area contributed by atoms with Gasteiger partial charge in [-0.2, -0.15) is 5.10 Å². The maximum atomic E-state index is 12.4. The minimum absolute atomic E-state index is 0.226. The summed E-state index contributed by atoms with van der Waals surface area (Å²) in [5.41, 5.74) is 2.38. The zero-order valence-corrected chi connectivity index (χ0v) is 14.9. The summed E-state index contributed by atoms with van der Waals surface area (Å²) in [6, 6.07) is 12.1. The van der Waals surface area contributed by atoms with Crippen molar-refractivity contribution in [2.24, 2.45) is 0 Å². The maximum Gasteiger partial charge on any atom is 0.341 e. The van der Waals surface area contributed by atoms with Crippen molar-refractivity contribution in [2.45, 2.75) is 6.54 Å². The van der Waals surface area contributed by atoms with Crippen LogP contribution in [-0.2, 0) is 11.3 Å². The van der Waals surface area contributed by atoms with Gasteiger partial charge in [0.1, 0.15) is 24.0 Å². The summed E-state index contributed by atoms with van der Waals surface area (Å²) in [6.45, 7) is 0.262. The Morgan fingerprint density at radius 3 is 2.52 bits per heavy atom. The first-order valence-electron chi connectivity index (χ1n) is 8.11. The first-order valence-corrected chi connectivity index (χ1v) is 8.11. The molecule has 0 radical (unpaired) electrons. The van der Waals surface area contributed by atoms with E-state index in [1.165, 1.54) is 20.5 Å². The van der Waals surface area contributed by atoms with Crippen molar-refractivity contribution in [2.75, 3.05) is 14.2 Å². The number of hydrogen-bond donors (Lipinski definition) is 1. The van der Waals surface area contributed by atoms with E-state index in [0.29, 0.717) is 16.9 Å². The lowest BCUT2D eigenvalue weighted by Crippen LogP contribution is -2.23. The van der Waals surface area contributed by atoms with Crippen LogP contribution in [0.5, 0.6) is 5.75 Å². The Morgan fingerprint density at radius 2 is 1.89 bits per heavy atom. The molecular weight excluding hydrogens is 348 g/mol. The van der Waals surface area contributed by atoms with Gasteiger partial charge in [-0.25, -0.2) is 14.5 Å². The summed E-state index contributed by atoms with van der Waals surface area (Å²) in [7, 11) is 2.78. The second-order valence-electron chi connectivity index (χ2n) is 5.60. The molecule has 0 aliphatic heterocycles. The largest absolute Gasteiger partial charge is 0.496 e. The lowest BCUT2D eigenvalue weighted by molar-refractivity contribution is 0.0597. The number of benzene rings is 2. The quantitative estimate of drug-likeness (QED) is 0.671. The highest BCUT2D eigenvalue weighted by molar-refractivity contribution is 5.94. The Labute approximate surface area is 155 Å². The molecule has 0 saturated heterocycles. The topological polar surface area (TPSA) is 95.3 Å². The molecule has 2 aromatic carbocycles. The van der Waals surface area contributed by atoms with Gasteiger partial charge in [0.15, 0.2) is 0 Å². The standard InChI is InChI=1S/C19H18N4O4/c1-26-17-8-3-13(9-16(17)19(25)27-2)10-21-18(24)14-4-6-15(7-5-14)23-12-20-11-22-23/h3-9,11-12H,10H2,1-2H3,(H,21,24). The summed E-state index contributed by atoms with van der Waals surface area (Å²) in [6.07, 6.45) is 3.02. The van der Waals surface area contributed by atoms with E-state index in [9.17, 15) is 9.59 Å². The molecule has 0 spiro atoms. The van der Waals surface area contributed by atoms with Gasteiger partial charge in [0.05, 0.1) is 19.9 Å². The average molecular weight is 366 g/mol. The lowest BCUT2D eigenvalue weighted by atomic mass is 10.1. The summed E-state index contributed by atoms with van der Waals surface area (Å²) < 4.78 is 11.5. The number of amides is 1. The molecule has 0 aliphatic carbocycles. The van der Waals surface area contributed by atoms with Crippen molar-refractivity contribution in [1.29, 1.82) is 0 Å². The van der Waals surface area contributed by atoms with Gasteiger partial charge in [-0.3, -0.25) is 4.79 Å². The minimum atomic E-state index is -0.497. The van der Waals surface area contributed by atoms with Crippen molar-refractivity contribution in [3.63, 3.8) is 0 Å². The molecule has 0 bridgehead atoms. The van der Waals surface area contributed by atoms with Crippen LogP contribution in [0.3, 0.4) is 0 Å². The van der Waals surface area contributed by atoms with Gasteiger partial charge >= 0.3 is 5.97 Å². The SMILES string of the molecule is COC(=O)c1cc(CNC(=O)c2ccc(-n3cncn3)cc2)ccc1OC. The zero-order chi connectivity index (χ0) is 19.2. The number of nitrogens with zero attached hydrogens (tertiary/aromatic N) is 3. The fraction of sp³-hybridized carbons (Fsp3) is 0.158. The van der Waals surface area contributed by atoms with Crippen LogP contribution in [-0.4, -0.2) is 40.9 Å². The van der Waals surface area contributed by atoms with Crippen LogP contribution in [0.2, 0.25) is 0 Å². The molecule has 1 aromatic heterocycles. The Balaban J connectivity index is 1.67. The molecule has 138 valence electrons. The third kappa shape index (κ3) is 4.12. The monoisotopic (exact) mass is 366 g/mol. The Morgan fingerprint density at radius 1 is 1.11 bits per heavy atom. The van der Waals surface area contributed by atoms with Crippen molar-refractivity contribution in [3.8, 4) is 11.4 Å². The molecule has 8 nitrogen and oxygen atoms in total. The van der Waals surface area contributed by atoms with Gasteiger partial charge < -0.3 is 14.8 Å². The number of nitrogens with one attached hydrogen (secondary N) is 1. The summed E-state index contributed by atoms with van der Waals surface area (Å²) in [4.78, 5) is 28.1. The van der Waals surface area contributed by atoms with E-state index in [0.717, 1.165) is 11.3 Å². The Bertz CT molecular complexity index is 937. The van der Waals surface area contributed by atoms with Crippen LogP contribution in [0.25, 0.3) is 5.69 Å². The van der Waals surface area contributed by atoms with Crippen molar-refractivity contribution < 1.29 is 19.1 Å². The van der Waals surface area contributed by atoms with Crippen LogP contribution >= 0.6 is 0 Å². The highest BCUT2D eigenvalue weighted by Gasteiger charge is 2.14. The van der Waals surface area contributed by atoms with E-state index >= 15 is 0 Å². The number of carbonyl (C=O) groups excluding carboxylic acids is 2. The van der Waals surface area contributed by atoms with Crippen LogP contribution < -0.4 is 10.1 Å². The van der Waals surface area contributed by atoms with E-state index in [1.54, 1.807) is 53.5 Å². The van der Waals surface area contributed by atoms with E-state index in [2.05, 4.69) is 15.4 Å². The third-order valence-corrected chi connectivity index (χ3v) is 3.94. The number of methoxy groups -OCH3 is 2. The lowest BCUT2D eigenvalue weighted by Gasteiger charge is -2.10. The molecule has 1 N–H and O–H groups in total. The van der Waals surface area contributed by atoms with Gasteiger partial charge in [0.2, 0.25) is 0 Å². The van der Waals surface area contributed by atoms with Gasteiger partial charge in [-0.05, 0) is 42.0 Å². The van der Waals surface area contributed by atoms with Crippen LogP contribution in [0.1, 0.15) is 26.3 Å². The van der Waals surface area contributed by atoms with Crippen molar-refractivity contribution in [1.82, 2.24) is 20.1 Å². The molecule has 1 amide bonds. The molecule has 1 heterocycles. The molecule has 0 aliphatic rings.